The van der Waals surface area contributed by atoms with E-state index in [-0.39, 0.29) is 29.7 Å². The SMILES string of the molecule is Cc1ccc(S(=O)(=O)N(C)CCNC(=O)CCCc2ccc(F)cc2)cc1. The minimum absolute atomic E-state index is 0.127. The summed E-state index contributed by atoms with van der Waals surface area (Å²) in [4.78, 5) is 12.1. The van der Waals surface area contributed by atoms with Crippen LogP contribution in [0.4, 0.5) is 4.39 Å². The minimum atomic E-state index is -3.56. The Hall–Kier alpha value is -2.25. The highest BCUT2D eigenvalue weighted by molar-refractivity contribution is 7.89. The Labute approximate surface area is 160 Å². The predicted octanol–water partition coefficient (Wildman–Crippen LogP) is 2.89. The molecule has 0 saturated carbocycles. The van der Waals surface area contributed by atoms with Gasteiger partial charge in [0.15, 0.2) is 0 Å². The van der Waals surface area contributed by atoms with Gasteiger partial charge in [-0.25, -0.2) is 12.8 Å². The first-order valence-electron chi connectivity index (χ1n) is 8.83. The highest BCUT2D eigenvalue weighted by atomic mass is 32.2. The molecule has 146 valence electrons. The van der Waals surface area contributed by atoms with Crippen molar-refractivity contribution in [3.8, 4) is 0 Å². The molecule has 2 rings (SSSR count). The Bertz CT molecular complexity index is 850. The molecule has 7 heteroatoms. The number of aryl methyl sites for hydroxylation is 2. The number of halogens is 1. The van der Waals surface area contributed by atoms with Crippen LogP contribution in [0.2, 0.25) is 0 Å². The van der Waals surface area contributed by atoms with Crippen LogP contribution in [0.1, 0.15) is 24.0 Å². The second-order valence-electron chi connectivity index (χ2n) is 6.47. The number of benzene rings is 2. The summed E-state index contributed by atoms with van der Waals surface area (Å²) in [5.74, 6) is -0.403. The van der Waals surface area contributed by atoms with Crippen molar-refractivity contribution in [3.63, 3.8) is 0 Å². The van der Waals surface area contributed by atoms with Gasteiger partial charge in [-0.05, 0) is 49.6 Å². The molecule has 2 aromatic carbocycles. The normalized spacial score (nSPS) is 11.6. The van der Waals surface area contributed by atoms with Gasteiger partial charge in [-0.15, -0.1) is 0 Å². The van der Waals surface area contributed by atoms with Gasteiger partial charge >= 0.3 is 0 Å². The molecule has 0 unspecified atom stereocenters. The maximum absolute atomic E-state index is 12.8. The predicted molar refractivity (Wildman–Crippen MR) is 103 cm³/mol. The second kappa shape index (κ2) is 9.62. The van der Waals surface area contributed by atoms with E-state index in [1.165, 1.54) is 23.5 Å². The Balaban J connectivity index is 1.72. The van der Waals surface area contributed by atoms with Crippen LogP contribution < -0.4 is 5.32 Å². The zero-order valence-electron chi connectivity index (χ0n) is 15.6. The van der Waals surface area contributed by atoms with Crippen LogP contribution in [0.25, 0.3) is 0 Å². The molecule has 0 aliphatic heterocycles. The van der Waals surface area contributed by atoms with Crippen molar-refractivity contribution < 1.29 is 17.6 Å². The zero-order valence-corrected chi connectivity index (χ0v) is 16.4. The Morgan fingerprint density at radius 3 is 2.33 bits per heavy atom. The van der Waals surface area contributed by atoms with E-state index in [2.05, 4.69) is 5.32 Å². The van der Waals surface area contributed by atoms with Crippen LogP contribution in [0.15, 0.2) is 53.4 Å². The van der Waals surface area contributed by atoms with E-state index in [4.69, 9.17) is 0 Å². The first-order chi connectivity index (χ1) is 12.8. The Morgan fingerprint density at radius 1 is 1.07 bits per heavy atom. The monoisotopic (exact) mass is 392 g/mol. The fourth-order valence-corrected chi connectivity index (χ4v) is 3.73. The lowest BCUT2D eigenvalue weighted by Gasteiger charge is -2.17. The molecule has 2 aromatic rings. The fourth-order valence-electron chi connectivity index (χ4n) is 2.56. The maximum Gasteiger partial charge on any atom is 0.242 e. The van der Waals surface area contributed by atoms with Crippen LogP contribution in [0, 0.1) is 12.7 Å². The highest BCUT2D eigenvalue weighted by Gasteiger charge is 2.20. The molecule has 5 nitrogen and oxygen atoms in total. The summed E-state index contributed by atoms with van der Waals surface area (Å²) >= 11 is 0. The third kappa shape index (κ3) is 6.45. The van der Waals surface area contributed by atoms with Gasteiger partial charge in [0.2, 0.25) is 15.9 Å². The molecule has 0 radical (unpaired) electrons. The number of rotatable bonds is 9. The summed E-state index contributed by atoms with van der Waals surface area (Å²) < 4.78 is 39.0. The van der Waals surface area contributed by atoms with Gasteiger partial charge in [-0.2, -0.15) is 4.31 Å². The zero-order chi connectivity index (χ0) is 19.9. The molecule has 1 N–H and O–H groups in total. The van der Waals surface area contributed by atoms with Gasteiger partial charge in [0.25, 0.3) is 0 Å². The molecule has 0 bridgehead atoms. The van der Waals surface area contributed by atoms with Crippen LogP contribution in [-0.2, 0) is 21.2 Å². The lowest BCUT2D eigenvalue weighted by atomic mass is 10.1. The largest absolute Gasteiger partial charge is 0.355 e. The number of amides is 1. The third-order valence-corrected chi connectivity index (χ3v) is 6.13. The molecular weight excluding hydrogens is 367 g/mol. The van der Waals surface area contributed by atoms with E-state index >= 15 is 0 Å². The van der Waals surface area contributed by atoms with Gasteiger partial charge in [-0.1, -0.05) is 29.8 Å². The molecular formula is C20H25FN2O3S. The van der Waals surface area contributed by atoms with E-state index in [0.717, 1.165) is 11.1 Å². The van der Waals surface area contributed by atoms with Gasteiger partial charge < -0.3 is 5.32 Å². The van der Waals surface area contributed by atoms with E-state index in [1.54, 1.807) is 36.4 Å². The van der Waals surface area contributed by atoms with Gasteiger partial charge in [0.05, 0.1) is 4.90 Å². The Kier molecular flexibility index (Phi) is 7.50. The van der Waals surface area contributed by atoms with Crippen LogP contribution in [0.5, 0.6) is 0 Å². The van der Waals surface area contributed by atoms with Crippen molar-refractivity contribution in [2.24, 2.45) is 0 Å². The quantitative estimate of drug-likeness (QED) is 0.714. The van der Waals surface area contributed by atoms with Crippen LogP contribution >= 0.6 is 0 Å². The second-order valence-corrected chi connectivity index (χ2v) is 8.51. The third-order valence-electron chi connectivity index (χ3n) is 4.26. The highest BCUT2D eigenvalue weighted by Crippen LogP contribution is 2.14. The van der Waals surface area contributed by atoms with Gasteiger partial charge in [0, 0.05) is 26.6 Å². The fraction of sp³-hybridized carbons (Fsp3) is 0.350. The smallest absolute Gasteiger partial charge is 0.242 e. The molecule has 0 aliphatic rings. The van der Waals surface area contributed by atoms with Crippen molar-refractivity contribution in [2.45, 2.75) is 31.1 Å². The number of hydrogen-bond acceptors (Lipinski definition) is 3. The van der Waals surface area contributed by atoms with Crippen LogP contribution in [-0.4, -0.2) is 38.8 Å². The first kappa shape index (κ1) is 21.1. The summed E-state index contributed by atoms with van der Waals surface area (Å²) in [6, 6.07) is 12.9. The topological polar surface area (TPSA) is 66.5 Å². The lowest BCUT2D eigenvalue weighted by Crippen LogP contribution is -2.36. The average molecular weight is 392 g/mol. The Morgan fingerprint density at radius 2 is 1.70 bits per heavy atom. The summed E-state index contributed by atoms with van der Waals surface area (Å²) in [5, 5.41) is 2.74. The number of carbonyl (C=O) groups excluding carboxylic acids is 1. The van der Waals surface area contributed by atoms with Crippen LogP contribution in [0.3, 0.4) is 0 Å². The van der Waals surface area contributed by atoms with Crippen molar-refractivity contribution in [3.05, 3.63) is 65.5 Å². The van der Waals surface area contributed by atoms with Crippen molar-refractivity contribution in [2.75, 3.05) is 20.1 Å². The van der Waals surface area contributed by atoms with Crippen molar-refractivity contribution >= 4 is 15.9 Å². The molecule has 0 fully saturated rings. The number of hydrogen-bond donors (Lipinski definition) is 1. The molecule has 27 heavy (non-hydrogen) atoms. The maximum atomic E-state index is 12.8. The average Bonchev–Trinajstić information content (AvgIpc) is 2.63. The molecule has 0 aromatic heterocycles. The summed E-state index contributed by atoms with van der Waals surface area (Å²) in [6.45, 7) is 2.34. The number of carbonyl (C=O) groups is 1. The van der Waals surface area contributed by atoms with E-state index in [0.29, 0.717) is 19.3 Å². The number of nitrogens with zero attached hydrogens (tertiary/aromatic N) is 1. The lowest BCUT2D eigenvalue weighted by molar-refractivity contribution is -0.121. The van der Waals surface area contributed by atoms with Crippen molar-refractivity contribution in [1.82, 2.24) is 9.62 Å². The standard InChI is InChI=1S/C20H25FN2O3S/c1-16-6-12-19(13-7-16)27(25,26)23(2)15-14-22-20(24)5-3-4-17-8-10-18(21)11-9-17/h6-13H,3-5,14-15H2,1-2H3,(H,22,24). The first-order valence-corrected chi connectivity index (χ1v) is 10.3. The molecule has 0 spiro atoms. The number of nitrogens with one attached hydrogen (secondary N) is 1. The number of sulfonamides is 1. The minimum Gasteiger partial charge on any atom is -0.355 e. The van der Waals surface area contributed by atoms with E-state index < -0.39 is 10.0 Å². The summed E-state index contributed by atoms with van der Waals surface area (Å²) in [5.41, 5.74) is 1.97. The summed E-state index contributed by atoms with van der Waals surface area (Å²) in [7, 11) is -2.06. The van der Waals surface area contributed by atoms with Gasteiger partial charge in [0.1, 0.15) is 5.82 Å². The van der Waals surface area contributed by atoms with Crippen molar-refractivity contribution in [1.29, 1.82) is 0 Å². The van der Waals surface area contributed by atoms with Gasteiger partial charge in [-0.3, -0.25) is 4.79 Å². The molecule has 0 aliphatic carbocycles. The molecule has 0 atom stereocenters. The number of likely N-dealkylation sites (N-methyl/N-ethyl adjacent to an activating group) is 1. The molecule has 0 heterocycles. The summed E-state index contributed by atoms with van der Waals surface area (Å²) in [6.07, 6.45) is 1.68. The van der Waals surface area contributed by atoms with E-state index in [1.807, 2.05) is 6.92 Å². The molecule has 1 amide bonds. The van der Waals surface area contributed by atoms with E-state index in [9.17, 15) is 17.6 Å². The molecule has 0 saturated heterocycles.